The molecule has 0 spiro atoms. The number of amides is 1. The SMILES string of the molecule is Cc1c(Cc2cccc(O)c2Cl)c2ccc(C(=O)N[C@@H](C)c3ccc(C(C)(C)C)cc3)cc2n1C. The van der Waals surface area contributed by atoms with Gasteiger partial charge in [-0.05, 0) is 59.7 Å². The third-order valence-electron chi connectivity index (χ3n) is 6.94. The van der Waals surface area contributed by atoms with Gasteiger partial charge in [0.1, 0.15) is 5.75 Å². The lowest BCUT2D eigenvalue weighted by atomic mass is 9.86. The number of fused-ring (bicyclic) bond motifs is 1. The molecule has 0 saturated carbocycles. The summed E-state index contributed by atoms with van der Waals surface area (Å²) in [5.74, 6) is -0.0149. The topological polar surface area (TPSA) is 54.3 Å². The van der Waals surface area contributed by atoms with Gasteiger partial charge in [-0.2, -0.15) is 0 Å². The Balaban J connectivity index is 1.58. The van der Waals surface area contributed by atoms with Gasteiger partial charge in [-0.25, -0.2) is 0 Å². The molecule has 182 valence electrons. The van der Waals surface area contributed by atoms with Gasteiger partial charge in [0, 0.05) is 35.6 Å². The Labute approximate surface area is 212 Å². The molecule has 4 nitrogen and oxygen atoms in total. The van der Waals surface area contributed by atoms with E-state index in [-0.39, 0.29) is 23.1 Å². The van der Waals surface area contributed by atoms with Crippen LogP contribution in [0.2, 0.25) is 5.02 Å². The summed E-state index contributed by atoms with van der Waals surface area (Å²) in [7, 11) is 2.01. The van der Waals surface area contributed by atoms with Gasteiger partial charge >= 0.3 is 0 Å². The first kappa shape index (κ1) is 24.9. The first-order valence-corrected chi connectivity index (χ1v) is 12.3. The molecule has 2 N–H and O–H groups in total. The Morgan fingerprint density at radius 1 is 1.09 bits per heavy atom. The van der Waals surface area contributed by atoms with Crippen LogP contribution in [0.4, 0.5) is 0 Å². The fourth-order valence-corrected chi connectivity index (χ4v) is 4.73. The molecule has 0 aliphatic carbocycles. The molecule has 1 heterocycles. The van der Waals surface area contributed by atoms with E-state index in [2.05, 4.69) is 61.8 Å². The maximum atomic E-state index is 13.1. The summed E-state index contributed by atoms with van der Waals surface area (Å²) in [5.41, 5.74) is 7.16. The van der Waals surface area contributed by atoms with Crippen molar-refractivity contribution in [1.29, 1.82) is 0 Å². The molecule has 0 bridgehead atoms. The first-order chi connectivity index (χ1) is 16.5. The molecule has 1 amide bonds. The number of aromatic hydroxyl groups is 1. The fraction of sp³-hybridized carbons (Fsp3) is 0.300. The number of hydrogen-bond donors (Lipinski definition) is 2. The van der Waals surface area contributed by atoms with Gasteiger partial charge < -0.3 is 15.0 Å². The molecule has 0 saturated heterocycles. The lowest BCUT2D eigenvalue weighted by Gasteiger charge is -2.20. The van der Waals surface area contributed by atoms with Crippen LogP contribution in [0.15, 0.2) is 60.7 Å². The van der Waals surface area contributed by atoms with Crippen molar-refractivity contribution < 1.29 is 9.90 Å². The van der Waals surface area contributed by atoms with Gasteiger partial charge in [0.15, 0.2) is 0 Å². The summed E-state index contributed by atoms with van der Waals surface area (Å²) >= 11 is 6.34. The van der Waals surface area contributed by atoms with Gasteiger partial charge in [-0.3, -0.25) is 4.79 Å². The highest BCUT2D eigenvalue weighted by molar-refractivity contribution is 6.32. The van der Waals surface area contributed by atoms with Crippen molar-refractivity contribution in [3.05, 3.63) is 99.2 Å². The molecule has 0 radical (unpaired) electrons. The lowest BCUT2D eigenvalue weighted by Crippen LogP contribution is -2.26. The van der Waals surface area contributed by atoms with E-state index in [1.807, 2.05) is 38.2 Å². The van der Waals surface area contributed by atoms with E-state index in [1.165, 1.54) is 5.56 Å². The number of phenolic OH excluding ortho intramolecular Hbond substituents is 1. The highest BCUT2D eigenvalue weighted by Gasteiger charge is 2.19. The average Bonchev–Trinajstić information content (AvgIpc) is 3.05. The number of halogens is 1. The summed E-state index contributed by atoms with van der Waals surface area (Å²) in [6.07, 6.45) is 0.601. The molecular formula is C30H33ClN2O2. The number of aromatic nitrogens is 1. The Bertz CT molecular complexity index is 1390. The summed E-state index contributed by atoms with van der Waals surface area (Å²) in [6, 6.07) is 19.5. The van der Waals surface area contributed by atoms with Crippen molar-refractivity contribution >= 4 is 28.4 Å². The molecule has 4 aromatic rings. The van der Waals surface area contributed by atoms with Crippen molar-refractivity contribution in [3.63, 3.8) is 0 Å². The van der Waals surface area contributed by atoms with Crippen molar-refractivity contribution in [2.45, 2.75) is 52.5 Å². The monoisotopic (exact) mass is 488 g/mol. The van der Waals surface area contributed by atoms with Crippen LogP contribution in [0.1, 0.15) is 72.0 Å². The first-order valence-electron chi connectivity index (χ1n) is 11.9. The Hall–Kier alpha value is -3.24. The van der Waals surface area contributed by atoms with E-state index in [9.17, 15) is 9.90 Å². The minimum atomic E-state index is -0.106. The predicted octanol–water partition coefficient (Wildman–Crippen LogP) is 7.23. The van der Waals surface area contributed by atoms with E-state index in [1.54, 1.807) is 12.1 Å². The highest BCUT2D eigenvalue weighted by Crippen LogP contribution is 2.33. The molecule has 0 aliphatic heterocycles. The zero-order valence-electron chi connectivity index (χ0n) is 21.2. The molecule has 4 rings (SSSR count). The van der Waals surface area contributed by atoms with Crippen LogP contribution in [-0.2, 0) is 18.9 Å². The maximum Gasteiger partial charge on any atom is 0.251 e. The second-order valence-electron chi connectivity index (χ2n) is 10.3. The highest BCUT2D eigenvalue weighted by atomic mass is 35.5. The van der Waals surface area contributed by atoms with Crippen molar-refractivity contribution in [1.82, 2.24) is 9.88 Å². The molecule has 3 aromatic carbocycles. The Morgan fingerprint density at radius 2 is 1.77 bits per heavy atom. The van der Waals surface area contributed by atoms with E-state index in [0.29, 0.717) is 17.0 Å². The van der Waals surface area contributed by atoms with Gasteiger partial charge in [-0.15, -0.1) is 0 Å². The molecule has 1 aromatic heterocycles. The van der Waals surface area contributed by atoms with Crippen LogP contribution in [0.3, 0.4) is 0 Å². The largest absolute Gasteiger partial charge is 0.506 e. The zero-order valence-corrected chi connectivity index (χ0v) is 22.0. The van der Waals surface area contributed by atoms with Crippen LogP contribution in [0, 0.1) is 6.92 Å². The third kappa shape index (κ3) is 4.94. The summed E-state index contributed by atoms with van der Waals surface area (Å²) in [4.78, 5) is 13.1. The normalized spacial score (nSPS) is 12.7. The van der Waals surface area contributed by atoms with Crippen LogP contribution >= 0.6 is 11.6 Å². The average molecular weight is 489 g/mol. The second-order valence-corrected chi connectivity index (χ2v) is 10.7. The molecule has 5 heteroatoms. The number of phenols is 1. The molecule has 0 aliphatic rings. The van der Waals surface area contributed by atoms with E-state index >= 15 is 0 Å². The number of nitrogens with zero attached hydrogens (tertiary/aromatic N) is 1. The molecular weight excluding hydrogens is 456 g/mol. The number of rotatable bonds is 5. The number of aryl methyl sites for hydroxylation is 1. The van der Waals surface area contributed by atoms with Crippen LogP contribution in [0.5, 0.6) is 5.75 Å². The van der Waals surface area contributed by atoms with Gasteiger partial charge in [-0.1, -0.05) is 74.8 Å². The molecule has 35 heavy (non-hydrogen) atoms. The van der Waals surface area contributed by atoms with Gasteiger partial charge in [0.25, 0.3) is 5.91 Å². The zero-order chi connectivity index (χ0) is 25.5. The van der Waals surface area contributed by atoms with E-state index < -0.39 is 0 Å². The fourth-order valence-electron chi connectivity index (χ4n) is 4.54. The van der Waals surface area contributed by atoms with Crippen LogP contribution < -0.4 is 5.32 Å². The smallest absolute Gasteiger partial charge is 0.251 e. The quantitative estimate of drug-likeness (QED) is 0.311. The molecule has 1 atom stereocenters. The maximum absolute atomic E-state index is 13.1. The molecule has 0 fully saturated rings. The summed E-state index contributed by atoms with van der Waals surface area (Å²) in [6.45, 7) is 10.6. The minimum Gasteiger partial charge on any atom is -0.506 e. The van der Waals surface area contributed by atoms with Crippen LogP contribution in [0.25, 0.3) is 10.9 Å². The van der Waals surface area contributed by atoms with Gasteiger partial charge in [0.05, 0.1) is 11.1 Å². The van der Waals surface area contributed by atoms with E-state index in [4.69, 9.17) is 11.6 Å². The minimum absolute atomic E-state index is 0.0863. The van der Waals surface area contributed by atoms with Crippen molar-refractivity contribution in [2.24, 2.45) is 7.05 Å². The Kier molecular flexibility index (Phi) is 6.70. The number of benzene rings is 3. The third-order valence-corrected chi connectivity index (χ3v) is 7.37. The summed E-state index contributed by atoms with van der Waals surface area (Å²) in [5, 5.41) is 14.6. The van der Waals surface area contributed by atoms with E-state index in [0.717, 1.165) is 33.3 Å². The van der Waals surface area contributed by atoms with Crippen LogP contribution in [-0.4, -0.2) is 15.6 Å². The van der Waals surface area contributed by atoms with Crippen molar-refractivity contribution in [2.75, 3.05) is 0 Å². The number of hydrogen-bond acceptors (Lipinski definition) is 2. The lowest BCUT2D eigenvalue weighted by molar-refractivity contribution is 0.0940. The number of carbonyl (C=O) groups is 1. The Morgan fingerprint density at radius 3 is 2.43 bits per heavy atom. The standard InChI is InChI=1S/C30H33ClN2O2/c1-18(20-10-13-23(14-11-20)30(3,4)5)32-29(35)22-12-15-24-25(19(2)33(6)26(24)17-22)16-21-8-7-9-27(34)28(21)31/h7-15,17-18,34H,16H2,1-6H3,(H,32,35)/t18-/m0/s1. The number of nitrogens with one attached hydrogen (secondary N) is 1. The van der Waals surface area contributed by atoms with Gasteiger partial charge in [0.2, 0.25) is 0 Å². The predicted molar refractivity (Wildman–Crippen MR) is 145 cm³/mol. The summed E-state index contributed by atoms with van der Waals surface area (Å²) < 4.78 is 2.10. The molecule has 0 unspecified atom stereocenters. The second kappa shape index (κ2) is 9.43. The van der Waals surface area contributed by atoms with Crippen molar-refractivity contribution in [3.8, 4) is 5.75 Å². The number of carbonyl (C=O) groups excluding carboxylic acids is 1.